The molecule has 6 rings (SSSR count). The Morgan fingerprint density at radius 3 is 1.89 bits per heavy atom. The molecule has 4 bridgehead atoms. The molecule has 0 atom stereocenters. The van der Waals surface area contributed by atoms with Gasteiger partial charge in [0.25, 0.3) is 0 Å². The Balaban J connectivity index is 1.63. The maximum absolute atomic E-state index is 13.5. The van der Waals surface area contributed by atoms with E-state index in [0.29, 0.717) is 5.41 Å². The van der Waals surface area contributed by atoms with Gasteiger partial charge in [-0.05, 0) is 101 Å². The zero-order valence-electron chi connectivity index (χ0n) is 16.9. The van der Waals surface area contributed by atoms with Gasteiger partial charge in [0.1, 0.15) is 5.82 Å². The molecule has 0 spiro atoms. The van der Waals surface area contributed by atoms with Crippen molar-refractivity contribution in [1.29, 1.82) is 0 Å². The van der Waals surface area contributed by atoms with Gasteiger partial charge in [0.05, 0.1) is 0 Å². The summed E-state index contributed by atoms with van der Waals surface area (Å²) in [7, 11) is 0. The van der Waals surface area contributed by atoms with E-state index in [-0.39, 0.29) is 11.2 Å². The monoisotopic (exact) mass is 362 g/mol. The third kappa shape index (κ3) is 2.94. The van der Waals surface area contributed by atoms with Crippen LogP contribution in [0.5, 0.6) is 0 Å². The highest BCUT2D eigenvalue weighted by molar-refractivity contribution is 5.70. The zero-order chi connectivity index (χ0) is 18.8. The van der Waals surface area contributed by atoms with Crippen molar-refractivity contribution < 1.29 is 4.39 Å². The van der Waals surface area contributed by atoms with Crippen molar-refractivity contribution >= 4 is 0 Å². The largest absolute Gasteiger partial charge is 0.207 e. The zero-order valence-corrected chi connectivity index (χ0v) is 16.9. The molecular weight excluding hydrogens is 331 g/mol. The highest BCUT2D eigenvalue weighted by atomic mass is 19.1. The summed E-state index contributed by atoms with van der Waals surface area (Å²) in [6, 6.07) is 14.4. The van der Waals surface area contributed by atoms with Crippen molar-refractivity contribution in [3.63, 3.8) is 0 Å². The number of hydrogen-bond donors (Lipinski definition) is 0. The van der Waals surface area contributed by atoms with Crippen LogP contribution in [0.1, 0.15) is 70.4 Å². The van der Waals surface area contributed by atoms with Gasteiger partial charge in [0, 0.05) is 0 Å². The summed E-state index contributed by atoms with van der Waals surface area (Å²) in [5.74, 6) is 2.70. The highest BCUT2D eigenvalue weighted by Crippen LogP contribution is 2.61. The maximum Gasteiger partial charge on any atom is 0.123 e. The molecule has 2 aromatic rings. The molecule has 27 heavy (non-hydrogen) atoms. The molecule has 0 nitrogen and oxygen atoms in total. The van der Waals surface area contributed by atoms with E-state index in [2.05, 4.69) is 39.0 Å². The second kappa shape index (κ2) is 5.93. The molecule has 0 radical (unpaired) electrons. The van der Waals surface area contributed by atoms with Gasteiger partial charge in [0.15, 0.2) is 0 Å². The van der Waals surface area contributed by atoms with Crippen molar-refractivity contribution in [3.8, 4) is 11.1 Å². The summed E-state index contributed by atoms with van der Waals surface area (Å²) in [5, 5.41) is 0. The minimum atomic E-state index is -0.159. The average Bonchev–Trinajstić information content (AvgIpc) is 2.60. The van der Waals surface area contributed by atoms with Crippen LogP contribution in [0.15, 0.2) is 42.5 Å². The molecule has 4 saturated carbocycles. The summed E-state index contributed by atoms with van der Waals surface area (Å²) in [6.45, 7) is 6.83. The van der Waals surface area contributed by atoms with E-state index in [4.69, 9.17) is 0 Å². The third-order valence-electron chi connectivity index (χ3n) is 7.63. The van der Waals surface area contributed by atoms with E-state index in [0.717, 1.165) is 23.3 Å². The average molecular weight is 363 g/mol. The summed E-state index contributed by atoms with van der Waals surface area (Å²) in [6.07, 6.45) is 8.59. The molecule has 0 unspecified atom stereocenters. The van der Waals surface area contributed by atoms with Gasteiger partial charge >= 0.3 is 0 Å². The first-order chi connectivity index (χ1) is 12.8. The molecule has 4 aliphatic carbocycles. The summed E-state index contributed by atoms with van der Waals surface area (Å²) in [4.78, 5) is 0. The highest BCUT2D eigenvalue weighted by Gasteiger charge is 2.51. The van der Waals surface area contributed by atoms with Gasteiger partial charge < -0.3 is 0 Å². The first kappa shape index (κ1) is 17.5. The van der Waals surface area contributed by atoms with Crippen LogP contribution in [-0.2, 0) is 10.8 Å². The smallest absolute Gasteiger partial charge is 0.123 e. The number of benzene rings is 2. The molecule has 4 fully saturated rings. The molecule has 142 valence electrons. The molecule has 0 amide bonds. The fourth-order valence-corrected chi connectivity index (χ4v) is 6.86. The lowest BCUT2D eigenvalue weighted by atomic mass is 9.48. The minimum absolute atomic E-state index is 0.0731. The van der Waals surface area contributed by atoms with Crippen molar-refractivity contribution in [2.75, 3.05) is 0 Å². The normalized spacial score (nSPS) is 32.1. The standard InChI is InChI=1S/C26H31F/c1-25(2,3)24-9-6-21(13-23(24)20-4-7-22(27)8-5-20)26-14-17-10-18(15-26)12-19(11-17)16-26/h4-9,13,17-19H,10-12,14-16H2,1-3H3. The van der Waals surface area contributed by atoms with Gasteiger partial charge in [-0.25, -0.2) is 4.39 Å². The number of halogens is 1. The maximum atomic E-state index is 13.5. The molecule has 0 saturated heterocycles. The van der Waals surface area contributed by atoms with Gasteiger partial charge in [-0.15, -0.1) is 0 Å². The van der Waals surface area contributed by atoms with Crippen molar-refractivity contribution in [3.05, 3.63) is 59.4 Å². The number of rotatable bonds is 2. The molecular formula is C26H31F. The first-order valence-corrected chi connectivity index (χ1v) is 10.7. The van der Waals surface area contributed by atoms with E-state index in [9.17, 15) is 4.39 Å². The summed E-state index contributed by atoms with van der Waals surface area (Å²) < 4.78 is 13.5. The summed E-state index contributed by atoms with van der Waals surface area (Å²) in [5.41, 5.74) is 5.84. The lowest BCUT2D eigenvalue weighted by molar-refractivity contribution is -0.00518. The molecule has 0 heterocycles. The van der Waals surface area contributed by atoms with E-state index in [1.807, 2.05) is 12.1 Å². The Morgan fingerprint density at radius 1 is 0.815 bits per heavy atom. The van der Waals surface area contributed by atoms with Crippen LogP contribution in [0.2, 0.25) is 0 Å². The van der Waals surface area contributed by atoms with Gasteiger partial charge in [-0.2, -0.15) is 0 Å². The minimum Gasteiger partial charge on any atom is -0.207 e. The Morgan fingerprint density at radius 2 is 1.37 bits per heavy atom. The Kier molecular flexibility index (Phi) is 3.84. The Labute approximate surface area is 163 Å². The quantitative estimate of drug-likeness (QED) is 0.527. The van der Waals surface area contributed by atoms with Crippen LogP contribution in [0.25, 0.3) is 11.1 Å². The van der Waals surface area contributed by atoms with Crippen molar-refractivity contribution in [2.45, 2.75) is 70.1 Å². The van der Waals surface area contributed by atoms with Crippen molar-refractivity contribution in [2.24, 2.45) is 17.8 Å². The van der Waals surface area contributed by atoms with E-state index < -0.39 is 0 Å². The predicted octanol–water partition coefficient (Wildman–Crippen LogP) is 7.26. The topological polar surface area (TPSA) is 0 Å². The van der Waals surface area contributed by atoms with Crippen LogP contribution in [0.3, 0.4) is 0 Å². The van der Waals surface area contributed by atoms with Gasteiger partial charge in [0.2, 0.25) is 0 Å². The predicted molar refractivity (Wildman–Crippen MR) is 110 cm³/mol. The molecule has 2 aromatic carbocycles. The van der Waals surface area contributed by atoms with E-state index >= 15 is 0 Å². The second-order valence-corrected chi connectivity index (χ2v) is 10.7. The molecule has 1 heteroatoms. The fraction of sp³-hybridized carbons (Fsp3) is 0.538. The molecule has 0 N–H and O–H groups in total. The lowest BCUT2D eigenvalue weighted by Gasteiger charge is -2.57. The Bertz CT molecular complexity index is 817. The third-order valence-corrected chi connectivity index (χ3v) is 7.63. The first-order valence-electron chi connectivity index (χ1n) is 10.7. The lowest BCUT2D eigenvalue weighted by Crippen LogP contribution is -2.48. The van der Waals surface area contributed by atoms with Crippen LogP contribution < -0.4 is 0 Å². The van der Waals surface area contributed by atoms with E-state index in [1.54, 1.807) is 17.7 Å². The number of hydrogen-bond acceptors (Lipinski definition) is 0. The van der Waals surface area contributed by atoms with Crippen LogP contribution >= 0.6 is 0 Å². The van der Waals surface area contributed by atoms with Crippen LogP contribution in [0.4, 0.5) is 4.39 Å². The molecule has 4 aliphatic rings. The van der Waals surface area contributed by atoms with Gasteiger partial charge in [-0.3, -0.25) is 0 Å². The van der Waals surface area contributed by atoms with Crippen LogP contribution in [-0.4, -0.2) is 0 Å². The Hall–Kier alpha value is -1.63. The molecule has 0 aromatic heterocycles. The SMILES string of the molecule is CC(C)(C)c1ccc(C23CC4CC(CC(C4)C2)C3)cc1-c1ccc(F)cc1. The fourth-order valence-electron chi connectivity index (χ4n) is 6.86. The van der Waals surface area contributed by atoms with E-state index in [1.165, 1.54) is 49.7 Å². The molecule has 0 aliphatic heterocycles. The summed E-state index contributed by atoms with van der Waals surface area (Å²) >= 11 is 0. The van der Waals surface area contributed by atoms with Crippen molar-refractivity contribution in [1.82, 2.24) is 0 Å². The van der Waals surface area contributed by atoms with Gasteiger partial charge in [-0.1, -0.05) is 51.1 Å². The van der Waals surface area contributed by atoms with Crippen LogP contribution in [0, 0.1) is 23.6 Å². The second-order valence-electron chi connectivity index (χ2n) is 10.7.